The largest absolute Gasteiger partial charge is 0.443 e. The smallest absolute Gasteiger partial charge is 0.416 e. The number of rotatable bonds is 4. The molecular formula is C27H29ClN2O2. The SMILES string of the molecule is CC(C)(C)OC(=O)N1CCCN=C1c1cccc(Cl)c1CCc1cccc2ccccc12. The topological polar surface area (TPSA) is 41.9 Å². The molecule has 0 unspecified atom stereocenters. The van der Waals surface area contributed by atoms with Crippen molar-refractivity contribution in [2.45, 2.75) is 45.6 Å². The molecule has 0 fully saturated rings. The van der Waals surface area contributed by atoms with Crippen molar-refractivity contribution in [1.82, 2.24) is 4.90 Å². The molecule has 0 atom stereocenters. The number of nitrogens with zero attached hydrogens (tertiary/aromatic N) is 2. The normalized spacial score (nSPS) is 14.4. The maximum atomic E-state index is 12.9. The van der Waals surface area contributed by atoms with Crippen molar-refractivity contribution in [1.29, 1.82) is 0 Å². The van der Waals surface area contributed by atoms with Crippen LogP contribution in [0.15, 0.2) is 65.7 Å². The molecule has 4 nitrogen and oxygen atoms in total. The third-order valence-electron chi connectivity index (χ3n) is 5.55. The van der Waals surface area contributed by atoms with Crippen LogP contribution in [0.3, 0.4) is 0 Å². The number of benzene rings is 3. The molecule has 0 radical (unpaired) electrons. The van der Waals surface area contributed by atoms with Gasteiger partial charge in [0.15, 0.2) is 0 Å². The van der Waals surface area contributed by atoms with Crippen molar-refractivity contribution in [3.05, 3.63) is 82.4 Å². The highest BCUT2D eigenvalue weighted by atomic mass is 35.5. The van der Waals surface area contributed by atoms with Crippen LogP contribution >= 0.6 is 11.6 Å². The van der Waals surface area contributed by atoms with Crippen LogP contribution in [-0.4, -0.2) is 35.5 Å². The molecule has 1 aliphatic rings. The minimum absolute atomic E-state index is 0.365. The molecule has 3 aromatic carbocycles. The van der Waals surface area contributed by atoms with E-state index in [1.54, 1.807) is 4.90 Å². The Morgan fingerprint density at radius 2 is 1.78 bits per heavy atom. The molecule has 0 saturated carbocycles. The Bertz CT molecular complexity index is 1160. The van der Waals surface area contributed by atoms with Crippen LogP contribution in [0.4, 0.5) is 4.79 Å². The zero-order chi connectivity index (χ0) is 22.7. The van der Waals surface area contributed by atoms with Gasteiger partial charge < -0.3 is 4.74 Å². The van der Waals surface area contributed by atoms with Gasteiger partial charge in [-0.05, 0) is 68.0 Å². The average Bonchev–Trinajstić information content (AvgIpc) is 2.77. The van der Waals surface area contributed by atoms with E-state index in [2.05, 4.69) is 42.5 Å². The summed E-state index contributed by atoms with van der Waals surface area (Å²) in [4.78, 5) is 19.3. The summed E-state index contributed by atoms with van der Waals surface area (Å²) >= 11 is 6.68. The maximum Gasteiger partial charge on any atom is 0.416 e. The molecular weight excluding hydrogens is 420 g/mol. The summed E-state index contributed by atoms with van der Waals surface area (Å²) in [7, 11) is 0. The number of halogens is 1. The average molecular weight is 449 g/mol. The van der Waals surface area contributed by atoms with Crippen LogP contribution in [0, 0.1) is 0 Å². The van der Waals surface area contributed by atoms with E-state index in [4.69, 9.17) is 21.3 Å². The number of carbonyl (C=O) groups is 1. The first-order valence-electron chi connectivity index (χ1n) is 11.1. The number of fused-ring (bicyclic) bond motifs is 1. The summed E-state index contributed by atoms with van der Waals surface area (Å²) in [6.07, 6.45) is 2.05. The van der Waals surface area contributed by atoms with E-state index < -0.39 is 5.60 Å². The molecule has 0 saturated heterocycles. The number of ether oxygens (including phenoxy) is 1. The fourth-order valence-electron chi connectivity index (χ4n) is 4.12. The summed E-state index contributed by atoms with van der Waals surface area (Å²) < 4.78 is 5.65. The van der Waals surface area contributed by atoms with Gasteiger partial charge >= 0.3 is 6.09 Å². The van der Waals surface area contributed by atoms with Crippen molar-refractivity contribution in [2.24, 2.45) is 4.99 Å². The number of hydrogen-bond donors (Lipinski definition) is 0. The van der Waals surface area contributed by atoms with Gasteiger partial charge in [0, 0.05) is 23.7 Å². The zero-order valence-electron chi connectivity index (χ0n) is 18.9. The van der Waals surface area contributed by atoms with Crippen molar-refractivity contribution >= 4 is 34.3 Å². The highest BCUT2D eigenvalue weighted by molar-refractivity contribution is 6.32. The zero-order valence-corrected chi connectivity index (χ0v) is 19.7. The first-order chi connectivity index (χ1) is 15.3. The van der Waals surface area contributed by atoms with Gasteiger partial charge in [0.2, 0.25) is 0 Å². The quantitative estimate of drug-likeness (QED) is 0.447. The molecule has 0 spiro atoms. The lowest BCUT2D eigenvalue weighted by atomic mass is 9.95. The van der Waals surface area contributed by atoms with Crippen molar-refractivity contribution in [3.63, 3.8) is 0 Å². The van der Waals surface area contributed by atoms with Crippen molar-refractivity contribution in [3.8, 4) is 0 Å². The summed E-state index contributed by atoms with van der Waals surface area (Å²) in [5, 5.41) is 3.19. The maximum absolute atomic E-state index is 12.9. The van der Waals surface area contributed by atoms with E-state index in [0.717, 1.165) is 30.4 Å². The van der Waals surface area contributed by atoms with E-state index >= 15 is 0 Å². The van der Waals surface area contributed by atoms with Gasteiger partial charge in [-0.25, -0.2) is 4.79 Å². The van der Waals surface area contributed by atoms with Gasteiger partial charge in [-0.1, -0.05) is 66.2 Å². The van der Waals surface area contributed by atoms with E-state index in [0.29, 0.717) is 23.9 Å². The summed E-state index contributed by atoms with van der Waals surface area (Å²) in [5.74, 6) is 0.654. The molecule has 0 aromatic heterocycles. The lowest BCUT2D eigenvalue weighted by Crippen LogP contribution is -2.44. The van der Waals surface area contributed by atoms with E-state index in [9.17, 15) is 4.79 Å². The molecule has 4 rings (SSSR count). The Kier molecular flexibility index (Phi) is 6.52. The van der Waals surface area contributed by atoms with E-state index in [1.807, 2.05) is 39.0 Å². The molecule has 166 valence electrons. The molecule has 0 bridgehead atoms. The highest BCUT2D eigenvalue weighted by Crippen LogP contribution is 2.27. The third-order valence-corrected chi connectivity index (χ3v) is 5.91. The standard InChI is InChI=1S/C27H29ClN2O2/c1-27(2,3)32-26(31)30-18-8-17-29-25(30)23-13-7-14-24(28)22(23)16-15-20-11-6-10-19-9-4-5-12-21(19)20/h4-7,9-14H,8,15-18H2,1-3H3. The van der Waals surface area contributed by atoms with Gasteiger partial charge in [0.05, 0.1) is 0 Å². The summed E-state index contributed by atoms with van der Waals surface area (Å²) in [5.41, 5.74) is 2.63. The highest BCUT2D eigenvalue weighted by Gasteiger charge is 2.29. The van der Waals surface area contributed by atoms with Crippen molar-refractivity contribution in [2.75, 3.05) is 13.1 Å². The Hall–Kier alpha value is -2.85. The van der Waals surface area contributed by atoms with Gasteiger partial charge in [-0.2, -0.15) is 0 Å². The lowest BCUT2D eigenvalue weighted by molar-refractivity contribution is 0.0364. The molecule has 1 aliphatic heterocycles. The predicted molar refractivity (Wildman–Crippen MR) is 132 cm³/mol. The molecule has 0 N–H and O–H groups in total. The van der Waals surface area contributed by atoms with Crippen LogP contribution in [0.1, 0.15) is 43.9 Å². The summed E-state index contributed by atoms with van der Waals surface area (Å²) in [6, 6.07) is 20.7. The van der Waals surface area contributed by atoms with Crippen LogP contribution in [0.2, 0.25) is 5.02 Å². The molecule has 3 aromatic rings. The number of hydrogen-bond acceptors (Lipinski definition) is 3. The number of carbonyl (C=O) groups excluding carboxylic acids is 1. The molecule has 32 heavy (non-hydrogen) atoms. The second-order valence-corrected chi connectivity index (χ2v) is 9.50. The molecule has 1 heterocycles. The molecule has 5 heteroatoms. The monoisotopic (exact) mass is 448 g/mol. The van der Waals surface area contributed by atoms with Gasteiger partial charge in [-0.15, -0.1) is 0 Å². The Morgan fingerprint density at radius 1 is 1.03 bits per heavy atom. The van der Waals surface area contributed by atoms with Crippen LogP contribution in [0.25, 0.3) is 10.8 Å². The first-order valence-corrected chi connectivity index (χ1v) is 11.5. The Balaban J connectivity index is 1.65. The second-order valence-electron chi connectivity index (χ2n) is 9.10. The van der Waals surface area contributed by atoms with Gasteiger partial charge in [0.25, 0.3) is 0 Å². The minimum Gasteiger partial charge on any atom is -0.443 e. The third kappa shape index (κ3) is 4.97. The fraction of sp³-hybridized carbons (Fsp3) is 0.333. The Morgan fingerprint density at radius 3 is 2.59 bits per heavy atom. The molecule has 1 amide bonds. The lowest BCUT2D eigenvalue weighted by Gasteiger charge is -2.31. The van der Waals surface area contributed by atoms with Gasteiger partial charge in [0.1, 0.15) is 11.4 Å². The predicted octanol–water partition coefficient (Wildman–Crippen LogP) is 6.67. The van der Waals surface area contributed by atoms with Crippen molar-refractivity contribution < 1.29 is 9.53 Å². The fourth-order valence-corrected chi connectivity index (χ4v) is 4.39. The second kappa shape index (κ2) is 9.33. The van der Waals surface area contributed by atoms with Crippen LogP contribution in [0.5, 0.6) is 0 Å². The van der Waals surface area contributed by atoms with Crippen LogP contribution in [-0.2, 0) is 17.6 Å². The van der Waals surface area contributed by atoms with Crippen LogP contribution < -0.4 is 0 Å². The summed E-state index contributed by atoms with van der Waals surface area (Å²) in [6.45, 7) is 6.90. The number of aliphatic imine (C=N–C) groups is 1. The van der Waals surface area contributed by atoms with E-state index in [1.165, 1.54) is 16.3 Å². The number of amides is 1. The van der Waals surface area contributed by atoms with Gasteiger partial charge in [-0.3, -0.25) is 9.89 Å². The minimum atomic E-state index is -0.564. The first kappa shape index (κ1) is 22.3. The molecule has 0 aliphatic carbocycles. The Labute approximate surface area is 194 Å². The van der Waals surface area contributed by atoms with E-state index in [-0.39, 0.29) is 6.09 Å². The number of aryl methyl sites for hydroxylation is 1. The number of amidine groups is 1.